The first-order chi connectivity index (χ1) is 14.6. The highest BCUT2D eigenvalue weighted by atomic mass is 19.1. The standard InChI is InChI=1S/C24H22FN3O2/c25-18-12-14(28-23(29)24-16-7-5-13(22(24)26)11-17(16)24)6-8-21(18)30-20-9-10-27-19-4-2-1-3-15(19)20/h1-4,6,8-10,12-13,16-17,22H,5,7,11,26H2,(H,28,29). The Balaban J connectivity index is 1.23. The highest BCUT2D eigenvalue weighted by Gasteiger charge is 2.78. The fraction of sp³-hybridized carbons (Fsp3) is 0.333. The average molecular weight is 403 g/mol. The summed E-state index contributed by atoms with van der Waals surface area (Å²) < 4.78 is 20.6. The van der Waals surface area contributed by atoms with E-state index in [1.807, 2.05) is 24.3 Å². The number of hydrogen-bond acceptors (Lipinski definition) is 4. The molecular weight excluding hydrogens is 381 g/mol. The van der Waals surface area contributed by atoms with Crippen LogP contribution in [0.1, 0.15) is 19.3 Å². The second kappa shape index (κ2) is 6.25. The molecule has 1 heterocycles. The van der Waals surface area contributed by atoms with E-state index in [1.54, 1.807) is 24.4 Å². The maximum absolute atomic E-state index is 14.8. The fourth-order valence-electron chi connectivity index (χ4n) is 6.08. The lowest BCUT2D eigenvalue weighted by atomic mass is 9.77. The number of halogens is 1. The van der Waals surface area contributed by atoms with E-state index in [9.17, 15) is 9.18 Å². The van der Waals surface area contributed by atoms with Gasteiger partial charge >= 0.3 is 0 Å². The Kier molecular flexibility index (Phi) is 3.72. The number of nitrogens with one attached hydrogen (secondary N) is 1. The number of nitrogens with two attached hydrogens (primary N) is 1. The van der Waals surface area contributed by atoms with Crippen molar-refractivity contribution in [3.8, 4) is 11.5 Å². The van der Waals surface area contributed by atoms with E-state index in [0.29, 0.717) is 29.2 Å². The van der Waals surface area contributed by atoms with Crippen molar-refractivity contribution in [2.24, 2.45) is 28.9 Å². The van der Waals surface area contributed by atoms with Crippen LogP contribution in [0.15, 0.2) is 54.7 Å². The summed E-state index contributed by atoms with van der Waals surface area (Å²) in [7, 11) is 0. The summed E-state index contributed by atoms with van der Waals surface area (Å²) in [5.41, 5.74) is 7.19. The van der Waals surface area contributed by atoms with Crippen LogP contribution in [-0.4, -0.2) is 16.9 Å². The summed E-state index contributed by atoms with van der Waals surface area (Å²) >= 11 is 0. The molecule has 4 fully saturated rings. The first kappa shape index (κ1) is 17.8. The molecule has 6 heteroatoms. The van der Waals surface area contributed by atoms with Gasteiger partial charge in [0.25, 0.3) is 0 Å². The van der Waals surface area contributed by atoms with Crippen LogP contribution in [0, 0.1) is 29.0 Å². The number of carbonyl (C=O) groups excluding carboxylic acids is 1. The van der Waals surface area contributed by atoms with Gasteiger partial charge in [0.1, 0.15) is 5.75 Å². The molecule has 0 spiro atoms. The van der Waals surface area contributed by atoms with E-state index in [1.165, 1.54) is 6.07 Å². The van der Waals surface area contributed by atoms with Crippen LogP contribution in [0.3, 0.4) is 0 Å². The predicted octanol–water partition coefficient (Wildman–Crippen LogP) is 4.48. The van der Waals surface area contributed by atoms with Crippen molar-refractivity contribution in [3.63, 3.8) is 0 Å². The van der Waals surface area contributed by atoms with Crippen LogP contribution in [-0.2, 0) is 4.79 Å². The zero-order chi connectivity index (χ0) is 20.5. The maximum Gasteiger partial charge on any atom is 0.232 e. The smallest absolute Gasteiger partial charge is 0.232 e. The van der Waals surface area contributed by atoms with Gasteiger partial charge < -0.3 is 15.8 Å². The Morgan fingerprint density at radius 3 is 2.77 bits per heavy atom. The van der Waals surface area contributed by atoms with Crippen LogP contribution in [0.5, 0.6) is 11.5 Å². The van der Waals surface area contributed by atoms with Crippen LogP contribution >= 0.6 is 0 Å². The van der Waals surface area contributed by atoms with Gasteiger partial charge in [-0.1, -0.05) is 12.1 Å². The third-order valence-corrected chi connectivity index (χ3v) is 7.48. The number of ether oxygens (including phenoxy) is 1. The van der Waals surface area contributed by atoms with E-state index < -0.39 is 11.2 Å². The number of pyridine rings is 1. The van der Waals surface area contributed by atoms with Crippen molar-refractivity contribution in [1.29, 1.82) is 0 Å². The van der Waals surface area contributed by atoms with Crippen LogP contribution in [0.2, 0.25) is 0 Å². The molecule has 7 rings (SSSR count). The number of fused-ring (bicyclic) bond motifs is 2. The average Bonchev–Trinajstić information content (AvgIpc) is 3.37. The molecule has 4 aliphatic rings. The topological polar surface area (TPSA) is 77.2 Å². The molecule has 3 N–H and O–H groups in total. The van der Waals surface area contributed by atoms with Gasteiger partial charge in [0.05, 0.1) is 10.9 Å². The zero-order valence-corrected chi connectivity index (χ0v) is 16.3. The molecular formula is C24H22FN3O2. The first-order valence-electron chi connectivity index (χ1n) is 10.5. The molecule has 5 nitrogen and oxygen atoms in total. The number of rotatable bonds is 4. The summed E-state index contributed by atoms with van der Waals surface area (Å²) in [6.45, 7) is 0. The first-order valence-corrected chi connectivity index (χ1v) is 10.5. The Morgan fingerprint density at radius 2 is 2.00 bits per heavy atom. The van der Waals surface area contributed by atoms with Gasteiger partial charge in [0.15, 0.2) is 11.6 Å². The van der Waals surface area contributed by atoms with E-state index in [0.717, 1.165) is 30.2 Å². The quantitative estimate of drug-likeness (QED) is 0.673. The molecule has 0 saturated heterocycles. The third kappa shape index (κ3) is 2.37. The van der Waals surface area contributed by atoms with Crippen molar-refractivity contribution in [2.45, 2.75) is 25.3 Å². The summed E-state index contributed by atoms with van der Waals surface area (Å²) in [6.07, 6.45) is 4.90. The molecule has 0 aliphatic heterocycles. The van der Waals surface area contributed by atoms with Gasteiger partial charge in [-0.25, -0.2) is 4.39 Å². The van der Waals surface area contributed by atoms with Gasteiger partial charge in [0, 0.05) is 29.4 Å². The van der Waals surface area contributed by atoms with Gasteiger partial charge in [0.2, 0.25) is 5.91 Å². The molecule has 2 aromatic carbocycles. The molecule has 5 atom stereocenters. The molecule has 5 unspecified atom stereocenters. The fourth-order valence-corrected chi connectivity index (χ4v) is 6.08. The van der Waals surface area contributed by atoms with Crippen molar-refractivity contribution in [2.75, 3.05) is 5.32 Å². The molecule has 4 aliphatic carbocycles. The van der Waals surface area contributed by atoms with Crippen LogP contribution in [0.25, 0.3) is 10.9 Å². The molecule has 4 bridgehead atoms. The highest BCUT2D eigenvalue weighted by molar-refractivity contribution is 5.99. The molecule has 152 valence electrons. The minimum absolute atomic E-state index is 0.0552. The summed E-state index contributed by atoms with van der Waals surface area (Å²) in [4.78, 5) is 17.4. The highest BCUT2D eigenvalue weighted by Crippen LogP contribution is 2.75. The molecule has 3 aromatic rings. The number of amides is 1. The Labute approximate surface area is 173 Å². The number of para-hydroxylation sites is 1. The van der Waals surface area contributed by atoms with E-state index >= 15 is 0 Å². The van der Waals surface area contributed by atoms with Gasteiger partial charge in [-0.05, 0) is 67.3 Å². The van der Waals surface area contributed by atoms with Crippen LogP contribution < -0.4 is 15.8 Å². The minimum Gasteiger partial charge on any atom is -0.454 e. The van der Waals surface area contributed by atoms with Gasteiger partial charge in [-0.15, -0.1) is 0 Å². The van der Waals surface area contributed by atoms with Crippen LogP contribution in [0.4, 0.5) is 10.1 Å². The van der Waals surface area contributed by atoms with E-state index in [-0.39, 0.29) is 17.7 Å². The lowest BCUT2D eigenvalue weighted by molar-refractivity contribution is -0.123. The van der Waals surface area contributed by atoms with Crippen molar-refractivity contribution >= 4 is 22.5 Å². The van der Waals surface area contributed by atoms with Gasteiger partial charge in [-0.2, -0.15) is 0 Å². The molecule has 0 radical (unpaired) electrons. The molecule has 30 heavy (non-hydrogen) atoms. The number of aromatic nitrogens is 1. The molecule has 4 saturated carbocycles. The Hall–Kier alpha value is -2.99. The Bertz CT molecular complexity index is 1170. The number of carbonyl (C=O) groups is 1. The number of benzene rings is 2. The van der Waals surface area contributed by atoms with Crippen molar-refractivity contribution in [3.05, 3.63) is 60.5 Å². The molecule has 1 aromatic heterocycles. The largest absolute Gasteiger partial charge is 0.454 e. The summed E-state index contributed by atoms with van der Waals surface area (Å²) in [5.74, 6) is 1.29. The van der Waals surface area contributed by atoms with Gasteiger partial charge in [-0.3, -0.25) is 9.78 Å². The zero-order valence-electron chi connectivity index (χ0n) is 16.3. The number of anilines is 1. The Morgan fingerprint density at radius 1 is 1.13 bits per heavy atom. The van der Waals surface area contributed by atoms with E-state index in [4.69, 9.17) is 10.5 Å². The van der Waals surface area contributed by atoms with E-state index in [2.05, 4.69) is 10.3 Å². The lowest BCUT2D eigenvalue weighted by Crippen LogP contribution is -2.46. The normalized spacial score (nSPS) is 30.9. The second-order valence-electron chi connectivity index (χ2n) is 8.77. The number of hydrogen-bond donors (Lipinski definition) is 2. The van der Waals surface area contributed by atoms with Crippen molar-refractivity contribution < 1.29 is 13.9 Å². The second-order valence-corrected chi connectivity index (χ2v) is 8.77. The lowest BCUT2D eigenvalue weighted by Gasteiger charge is -2.32. The minimum atomic E-state index is -0.532. The van der Waals surface area contributed by atoms with Crippen molar-refractivity contribution in [1.82, 2.24) is 4.98 Å². The SMILES string of the molecule is NC1C2CCC3C(C2)C13C(=O)Nc1ccc(Oc2ccnc3ccccc23)c(F)c1. The molecule has 1 amide bonds. The third-order valence-electron chi connectivity index (χ3n) is 7.48. The predicted molar refractivity (Wildman–Crippen MR) is 112 cm³/mol. The summed E-state index contributed by atoms with van der Waals surface area (Å²) in [6, 6.07) is 13.7. The number of nitrogens with zero attached hydrogens (tertiary/aromatic N) is 1. The monoisotopic (exact) mass is 403 g/mol. The maximum atomic E-state index is 14.8. The summed E-state index contributed by atoms with van der Waals surface area (Å²) in [5, 5.41) is 3.72.